The number of cyclic esters (lactones) is 1. The van der Waals surface area contributed by atoms with Gasteiger partial charge in [0.2, 0.25) is 0 Å². The fourth-order valence-corrected chi connectivity index (χ4v) is 1.04. The van der Waals surface area contributed by atoms with E-state index in [2.05, 4.69) is 31.9 Å². The molecule has 0 fully saturated rings. The van der Waals surface area contributed by atoms with Gasteiger partial charge in [0.05, 0.1) is 4.48 Å². The lowest BCUT2D eigenvalue weighted by molar-refractivity contribution is -0.139. The van der Waals surface area contributed by atoms with Crippen LogP contribution in [0.3, 0.4) is 0 Å². The largest absolute Gasteiger partial charge is 0.439 e. The number of esters is 1. The van der Waals surface area contributed by atoms with Crippen molar-refractivity contribution >= 4 is 37.8 Å². The molecule has 0 spiro atoms. The van der Waals surface area contributed by atoms with Crippen LogP contribution in [-0.4, -0.2) is 10.5 Å². The molecule has 1 unspecified atom stereocenters. The van der Waals surface area contributed by atoms with Crippen LogP contribution in [0.5, 0.6) is 0 Å². The van der Waals surface area contributed by atoms with E-state index in [9.17, 15) is 4.79 Å². The molecule has 0 amide bonds. The number of alkyl halides is 1. The smallest absolute Gasteiger partial charge is 0.333 e. The molecular formula is C5H4Br2O2. The lowest BCUT2D eigenvalue weighted by Crippen LogP contribution is -2.16. The summed E-state index contributed by atoms with van der Waals surface area (Å²) in [6, 6.07) is 0. The molecular weight excluding hydrogens is 252 g/mol. The number of rotatable bonds is 0. The number of hydrogen-bond acceptors (Lipinski definition) is 2. The maximum Gasteiger partial charge on any atom is 0.333 e. The second-order valence-electron chi connectivity index (χ2n) is 1.83. The van der Waals surface area contributed by atoms with Crippen molar-refractivity contribution in [3.63, 3.8) is 0 Å². The molecule has 1 rings (SSSR count). The van der Waals surface area contributed by atoms with E-state index in [-0.39, 0.29) is 5.97 Å². The summed E-state index contributed by atoms with van der Waals surface area (Å²) in [6.07, 6.45) is 1.40. The monoisotopic (exact) mass is 254 g/mol. The van der Waals surface area contributed by atoms with Gasteiger partial charge in [-0.25, -0.2) is 4.79 Å². The maximum absolute atomic E-state index is 10.5. The molecule has 50 valence electrons. The molecule has 1 heterocycles. The van der Waals surface area contributed by atoms with Crippen molar-refractivity contribution in [3.05, 3.63) is 10.6 Å². The Morgan fingerprint density at radius 3 is 2.44 bits per heavy atom. The fourth-order valence-electron chi connectivity index (χ4n) is 0.500. The first-order chi connectivity index (χ1) is 4.02. The highest BCUT2D eigenvalue weighted by atomic mass is 79.9. The highest BCUT2D eigenvalue weighted by Gasteiger charge is 2.34. The third-order valence-corrected chi connectivity index (χ3v) is 3.07. The number of ether oxygens (including phenoxy) is 1. The van der Waals surface area contributed by atoms with E-state index < -0.39 is 4.51 Å². The van der Waals surface area contributed by atoms with Crippen molar-refractivity contribution in [2.75, 3.05) is 0 Å². The summed E-state index contributed by atoms with van der Waals surface area (Å²) in [4.78, 5) is 10.5. The summed E-state index contributed by atoms with van der Waals surface area (Å²) in [6.45, 7) is 1.75. The van der Waals surface area contributed by atoms with Crippen LogP contribution >= 0.6 is 31.9 Å². The van der Waals surface area contributed by atoms with Crippen molar-refractivity contribution in [3.8, 4) is 0 Å². The van der Waals surface area contributed by atoms with Crippen molar-refractivity contribution in [1.82, 2.24) is 0 Å². The highest BCUT2D eigenvalue weighted by molar-refractivity contribution is 9.14. The Hall–Kier alpha value is 0.170. The van der Waals surface area contributed by atoms with Gasteiger partial charge in [0.25, 0.3) is 0 Å². The van der Waals surface area contributed by atoms with E-state index in [0.717, 1.165) is 4.48 Å². The minimum absolute atomic E-state index is 0.318. The van der Waals surface area contributed by atoms with Crippen molar-refractivity contribution in [2.45, 2.75) is 11.4 Å². The molecule has 0 bridgehead atoms. The molecule has 0 saturated carbocycles. The number of carbonyl (C=O) groups excluding carboxylic acids is 1. The zero-order valence-corrected chi connectivity index (χ0v) is 7.82. The molecule has 0 N–H and O–H groups in total. The van der Waals surface area contributed by atoms with Crippen LogP contribution in [0.1, 0.15) is 6.92 Å². The van der Waals surface area contributed by atoms with E-state index in [1.165, 1.54) is 6.08 Å². The van der Waals surface area contributed by atoms with Gasteiger partial charge < -0.3 is 4.74 Å². The Kier molecular flexibility index (Phi) is 1.69. The Bertz CT molecular complexity index is 183. The van der Waals surface area contributed by atoms with Gasteiger partial charge in [-0.1, -0.05) is 15.9 Å². The van der Waals surface area contributed by atoms with E-state index >= 15 is 0 Å². The number of halogens is 2. The summed E-state index contributed by atoms with van der Waals surface area (Å²) in [5.74, 6) is -0.318. The van der Waals surface area contributed by atoms with Crippen molar-refractivity contribution < 1.29 is 9.53 Å². The minimum Gasteiger partial charge on any atom is -0.439 e. The quantitative estimate of drug-likeness (QED) is 0.489. The molecule has 4 heteroatoms. The van der Waals surface area contributed by atoms with E-state index in [1.807, 2.05) is 0 Å². The van der Waals surface area contributed by atoms with Gasteiger partial charge in [0.1, 0.15) is 0 Å². The van der Waals surface area contributed by atoms with Gasteiger partial charge in [-0.05, 0) is 22.9 Å². The molecule has 0 saturated heterocycles. The van der Waals surface area contributed by atoms with Gasteiger partial charge in [0.15, 0.2) is 4.51 Å². The lowest BCUT2D eigenvalue weighted by atomic mass is 10.4. The Morgan fingerprint density at radius 1 is 1.78 bits per heavy atom. The predicted molar refractivity (Wildman–Crippen MR) is 40.4 cm³/mol. The first-order valence-corrected chi connectivity index (χ1v) is 3.90. The molecule has 0 aromatic heterocycles. The summed E-state index contributed by atoms with van der Waals surface area (Å²) in [5.41, 5.74) is 0. The number of hydrogen-bond donors (Lipinski definition) is 0. The van der Waals surface area contributed by atoms with Gasteiger partial charge in [-0.15, -0.1) is 0 Å². The standard InChI is InChI=1S/C5H4Br2O2/c1-5(7)3(6)2-4(8)9-5/h2H,1H3. The lowest BCUT2D eigenvalue weighted by Gasteiger charge is -2.14. The van der Waals surface area contributed by atoms with Gasteiger partial charge >= 0.3 is 5.97 Å². The maximum atomic E-state index is 10.5. The van der Waals surface area contributed by atoms with Crippen LogP contribution in [0.15, 0.2) is 10.6 Å². The molecule has 2 nitrogen and oxygen atoms in total. The summed E-state index contributed by atoms with van der Waals surface area (Å²) in [5, 5.41) is 0. The van der Waals surface area contributed by atoms with Gasteiger partial charge in [-0.3, -0.25) is 0 Å². The van der Waals surface area contributed by atoms with Crippen molar-refractivity contribution in [2.24, 2.45) is 0 Å². The van der Waals surface area contributed by atoms with E-state index in [1.54, 1.807) is 6.92 Å². The molecule has 0 aliphatic carbocycles. The van der Waals surface area contributed by atoms with Crippen LogP contribution in [-0.2, 0) is 9.53 Å². The summed E-state index contributed by atoms with van der Waals surface area (Å²) < 4.78 is 4.89. The second kappa shape index (κ2) is 2.09. The normalized spacial score (nSPS) is 34.1. The molecule has 0 radical (unpaired) electrons. The van der Waals surface area contributed by atoms with Crippen LogP contribution < -0.4 is 0 Å². The zero-order chi connectivity index (χ0) is 7.07. The summed E-state index contributed by atoms with van der Waals surface area (Å²) in [7, 11) is 0. The van der Waals surface area contributed by atoms with Gasteiger partial charge in [0, 0.05) is 6.08 Å². The number of carbonyl (C=O) groups is 1. The SMILES string of the molecule is CC1(Br)OC(=O)C=C1Br. The molecule has 9 heavy (non-hydrogen) atoms. The molecule has 0 aromatic rings. The van der Waals surface area contributed by atoms with E-state index in [0.29, 0.717) is 0 Å². The Labute approximate surface area is 69.5 Å². The zero-order valence-electron chi connectivity index (χ0n) is 4.65. The third-order valence-electron chi connectivity index (χ3n) is 0.963. The topological polar surface area (TPSA) is 26.3 Å². The molecule has 0 aromatic carbocycles. The fraction of sp³-hybridized carbons (Fsp3) is 0.400. The Morgan fingerprint density at radius 2 is 2.33 bits per heavy atom. The minimum atomic E-state index is -0.635. The first kappa shape index (κ1) is 7.28. The highest BCUT2D eigenvalue weighted by Crippen LogP contribution is 2.37. The van der Waals surface area contributed by atoms with Crippen LogP contribution in [0.2, 0.25) is 0 Å². The summed E-state index contributed by atoms with van der Waals surface area (Å²) >= 11 is 6.36. The first-order valence-electron chi connectivity index (χ1n) is 2.32. The van der Waals surface area contributed by atoms with E-state index in [4.69, 9.17) is 4.74 Å². The average molecular weight is 256 g/mol. The molecule has 1 aliphatic rings. The van der Waals surface area contributed by atoms with Crippen LogP contribution in [0, 0.1) is 0 Å². The van der Waals surface area contributed by atoms with Crippen LogP contribution in [0.4, 0.5) is 0 Å². The second-order valence-corrected chi connectivity index (χ2v) is 4.20. The molecule has 1 atom stereocenters. The van der Waals surface area contributed by atoms with Crippen LogP contribution in [0.25, 0.3) is 0 Å². The average Bonchev–Trinajstić information content (AvgIpc) is 1.79. The Balaban J connectivity index is 2.89. The van der Waals surface area contributed by atoms with Crippen molar-refractivity contribution in [1.29, 1.82) is 0 Å². The predicted octanol–water partition coefficient (Wildman–Crippen LogP) is 1.93. The third kappa shape index (κ3) is 1.35. The van der Waals surface area contributed by atoms with Gasteiger partial charge in [-0.2, -0.15) is 0 Å². The molecule has 1 aliphatic heterocycles.